The van der Waals surface area contributed by atoms with Crippen LogP contribution < -0.4 is 5.32 Å². The fraction of sp³-hybridized carbons (Fsp3) is 0.167. The van der Waals surface area contributed by atoms with Gasteiger partial charge in [-0.3, -0.25) is 0 Å². The number of hydrogen-bond donors (Lipinski definition) is 2. The van der Waals surface area contributed by atoms with E-state index in [9.17, 15) is 0 Å². The summed E-state index contributed by atoms with van der Waals surface area (Å²) >= 11 is 3.45. The maximum absolute atomic E-state index is 9.15. The molecular formula is C12H13BrN2O. The van der Waals surface area contributed by atoms with Gasteiger partial charge in [-0.25, -0.2) is 0 Å². The molecule has 0 bridgehead atoms. The van der Waals surface area contributed by atoms with E-state index < -0.39 is 0 Å². The number of aromatic nitrogens is 1. The molecule has 0 amide bonds. The third-order valence-corrected chi connectivity index (χ3v) is 3.30. The molecule has 0 aliphatic rings. The monoisotopic (exact) mass is 280 g/mol. The van der Waals surface area contributed by atoms with Crippen molar-refractivity contribution >= 4 is 21.6 Å². The lowest BCUT2D eigenvalue weighted by atomic mass is 10.3. The molecule has 2 rings (SSSR count). The lowest BCUT2D eigenvalue weighted by Crippen LogP contribution is -2.04. The zero-order valence-electron chi connectivity index (χ0n) is 8.94. The molecule has 1 aromatic carbocycles. The predicted octanol–water partition coefficient (Wildman–Crippen LogP) is 3.11. The minimum absolute atomic E-state index is 0.284. The average Bonchev–Trinajstić information content (AvgIpc) is 2.60. The van der Waals surface area contributed by atoms with Crippen LogP contribution in [-0.2, 0) is 13.6 Å². The van der Waals surface area contributed by atoms with Crippen LogP contribution >= 0.6 is 15.9 Å². The molecule has 84 valence electrons. The Bertz CT molecular complexity index is 476. The van der Waals surface area contributed by atoms with Gasteiger partial charge in [0.1, 0.15) is 5.75 Å². The molecular weight excluding hydrogens is 268 g/mol. The van der Waals surface area contributed by atoms with Crippen molar-refractivity contribution in [2.75, 3.05) is 5.32 Å². The largest absolute Gasteiger partial charge is 0.508 e. The van der Waals surface area contributed by atoms with Crippen LogP contribution in [0.1, 0.15) is 5.69 Å². The first-order chi connectivity index (χ1) is 7.66. The number of aromatic hydroxyl groups is 1. The number of benzene rings is 1. The Balaban J connectivity index is 2.02. The van der Waals surface area contributed by atoms with E-state index >= 15 is 0 Å². The summed E-state index contributed by atoms with van der Waals surface area (Å²) in [6, 6.07) is 11.1. The minimum Gasteiger partial charge on any atom is -0.508 e. The Morgan fingerprint density at radius 1 is 1.19 bits per heavy atom. The molecule has 0 unspecified atom stereocenters. The number of rotatable bonds is 3. The number of phenols is 1. The summed E-state index contributed by atoms with van der Waals surface area (Å²) in [5, 5.41) is 12.4. The van der Waals surface area contributed by atoms with Gasteiger partial charge in [0.25, 0.3) is 0 Å². The Hall–Kier alpha value is -1.42. The highest BCUT2D eigenvalue weighted by Crippen LogP contribution is 2.17. The third-order valence-electron chi connectivity index (χ3n) is 2.51. The molecule has 16 heavy (non-hydrogen) atoms. The number of phenolic OH excluding ortho intramolecular Hbond substituents is 1. The van der Waals surface area contributed by atoms with Gasteiger partial charge >= 0.3 is 0 Å². The molecule has 0 fully saturated rings. The van der Waals surface area contributed by atoms with E-state index in [1.807, 2.05) is 25.2 Å². The van der Waals surface area contributed by atoms with Crippen LogP contribution in [-0.4, -0.2) is 9.67 Å². The van der Waals surface area contributed by atoms with Crippen LogP contribution in [0.25, 0.3) is 0 Å². The highest BCUT2D eigenvalue weighted by atomic mass is 79.9. The Labute approximate surface area is 103 Å². The first-order valence-electron chi connectivity index (χ1n) is 5.00. The van der Waals surface area contributed by atoms with Crippen LogP contribution in [0.2, 0.25) is 0 Å². The highest BCUT2D eigenvalue weighted by Gasteiger charge is 2.01. The number of anilines is 1. The minimum atomic E-state index is 0.284. The van der Waals surface area contributed by atoms with Gasteiger partial charge in [0, 0.05) is 18.4 Å². The van der Waals surface area contributed by atoms with Crippen molar-refractivity contribution in [1.82, 2.24) is 4.57 Å². The van der Waals surface area contributed by atoms with E-state index in [2.05, 4.69) is 31.9 Å². The second-order valence-corrected chi connectivity index (χ2v) is 4.42. The normalized spacial score (nSPS) is 10.4. The summed E-state index contributed by atoms with van der Waals surface area (Å²) < 4.78 is 3.14. The van der Waals surface area contributed by atoms with Crippen molar-refractivity contribution in [2.24, 2.45) is 7.05 Å². The summed E-state index contributed by atoms with van der Waals surface area (Å²) in [7, 11) is 2.01. The lowest BCUT2D eigenvalue weighted by molar-refractivity contribution is 0.475. The smallest absolute Gasteiger partial charge is 0.115 e. The second-order valence-electron chi connectivity index (χ2n) is 3.61. The summed E-state index contributed by atoms with van der Waals surface area (Å²) in [5.41, 5.74) is 2.19. The molecule has 0 saturated heterocycles. The van der Waals surface area contributed by atoms with Gasteiger partial charge in [-0.05, 0) is 52.3 Å². The molecule has 1 heterocycles. The SMILES string of the molecule is Cn1c(Br)ccc1CNc1ccc(O)cc1. The van der Waals surface area contributed by atoms with E-state index in [1.165, 1.54) is 5.69 Å². The second kappa shape index (κ2) is 4.61. The molecule has 0 aliphatic carbocycles. The molecule has 0 saturated carbocycles. The van der Waals surface area contributed by atoms with Crippen LogP contribution in [0.4, 0.5) is 5.69 Å². The van der Waals surface area contributed by atoms with Gasteiger partial charge in [-0.15, -0.1) is 0 Å². The van der Waals surface area contributed by atoms with E-state index in [4.69, 9.17) is 5.11 Å². The van der Waals surface area contributed by atoms with Crippen LogP contribution in [0.5, 0.6) is 5.75 Å². The van der Waals surface area contributed by atoms with Crippen molar-refractivity contribution in [3.8, 4) is 5.75 Å². The molecule has 1 aromatic heterocycles. The number of nitrogens with zero attached hydrogens (tertiary/aromatic N) is 1. The Morgan fingerprint density at radius 2 is 1.88 bits per heavy atom. The molecule has 3 nitrogen and oxygen atoms in total. The lowest BCUT2D eigenvalue weighted by Gasteiger charge is -2.08. The average molecular weight is 281 g/mol. The molecule has 2 N–H and O–H groups in total. The fourth-order valence-electron chi connectivity index (χ4n) is 1.48. The first kappa shape index (κ1) is 11.1. The van der Waals surface area contributed by atoms with Crippen LogP contribution in [0.3, 0.4) is 0 Å². The Kier molecular flexibility index (Phi) is 3.19. The van der Waals surface area contributed by atoms with E-state index in [-0.39, 0.29) is 5.75 Å². The van der Waals surface area contributed by atoms with Crippen LogP contribution in [0, 0.1) is 0 Å². The van der Waals surface area contributed by atoms with Gasteiger partial charge < -0.3 is 15.0 Å². The molecule has 0 spiro atoms. The zero-order chi connectivity index (χ0) is 11.5. The van der Waals surface area contributed by atoms with Crippen molar-refractivity contribution in [1.29, 1.82) is 0 Å². The van der Waals surface area contributed by atoms with Crippen molar-refractivity contribution in [3.63, 3.8) is 0 Å². The van der Waals surface area contributed by atoms with Gasteiger partial charge in [0.05, 0.1) is 11.1 Å². The van der Waals surface area contributed by atoms with Gasteiger partial charge in [0.2, 0.25) is 0 Å². The first-order valence-corrected chi connectivity index (χ1v) is 5.79. The van der Waals surface area contributed by atoms with E-state index in [0.29, 0.717) is 0 Å². The molecule has 4 heteroatoms. The summed E-state index contributed by atoms with van der Waals surface area (Å²) in [6.45, 7) is 0.757. The third kappa shape index (κ3) is 2.39. The molecule has 0 aliphatic heterocycles. The summed E-state index contributed by atoms with van der Waals surface area (Å²) in [5.74, 6) is 0.284. The number of nitrogens with one attached hydrogen (secondary N) is 1. The molecule has 2 aromatic rings. The number of hydrogen-bond acceptors (Lipinski definition) is 2. The van der Waals surface area contributed by atoms with Gasteiger partial charge in [-0.2, -0.15) is 0 Å². The Morgan fingerprint density at radius 3 is 2.44 bits per heavy atom. The van der Waals surface area contributed by atoms with E-state index in [1.54, 1.807) is 12.1 Å². The van der Waals surface area contributed by atoms with Gasteiger partial charge in [-0.1, -0.05) is 0 Å². The molecule has 0 radical (unpaired) electrons. The zero-order valence-corrected chi connectivity index (χ0v) is 10.5. The molecule has 0 atom stereocenters. The topological polar surface area (TPSA) is 37.2 Å². The van der Waals surface area contributed by atoms with Crippen LogP contribution in [0.15, 0.2) is 41.0 Å². The summed E-state index contributed by atoms with van der Waals surface area (Å²) in [6.07, 6.45) is 0. The fourth-order valence-corrected chi connectivity index (χ4v) is 1.84. The summed E-state index contributed by atoms with van der Waals surface area (Å²) in [4.78, 5) is 0. The van der Waals surface area contributed by atoms with Gasteiger partial charge in [0.15, 0.2) is 0 Å². The maximum Gasteiger partial charge on any atom is 0.115 e. The standard InChI is InChI=1S/C12H13BrN2O/c1-15-10(4-7-12(15)13)8-14-9-2-5-11(16)6-3-9/h2-7,14,16H,8H2,1H3. The highest BCUT2D eigenvalue weighted by molar-refractivity contribution is 9.10. The maximum atomic E-state index is 9.15. The predicted molar refractivity (Wildman–Crippen MR) is 68.5 cm³/mol. The van der Waals surface area contributed by atoms with Crippen molar-refractivity contribution < 1.29 is 5.11 Å². The van der Waals surface area contributed by atoms with Crippen molar-refractivity contribution in [3.05, 3.63) is 46.7 Å². The van der Waals surface area contributed by atoms with Crippen molar-refractivity contribution in [2.45, 2.75) is 6.54 Å². The quantitative estimate of drug-likeness (QED) is 0.848. The van der Waals surface area contributed by atoms with E-state index in [0.717, 1.165) is 16.8 Å². The number of halogens is 1.